The maximum Gasteiger partial charge on any atom is 0.416 e. The molecule has 0 aliphatic heterocycles. The number of rotatable bonds is 10. The lowest BCUT2D eigenvalue weighted by atomic mass is 10.0. The predicted molar refractivity (Wildman–Crippen MR) is 175 cm³/mol. The van der Waals surface area contributed by atoms with Crippen LogP contribution in [0.5, 0.6) is 0 Å². The topological polar surface area (TPSA) is 61.2 Å². The van der Waals surface area contributed by atoms with Crippen LogP contribution in [-0.2, 0) is 22.3 Å². The number of esters is 1. The first kappa shape index (κ1) is 32.7. The number of ether oxygens (including phenoxy) is 1. The van der Waals surface area contributed by atoms with E-state index in [0.717, 1.165) is 23.3 Å². The number of hydrogen-bond acceptors (Lipinski definition) is 4. The van der Waals surface area contributed by atoms with E-state index in [1.165, 1.54) is 6.07 Å². The molecule has 4 aromatic carbocycles. The van der Waals surface area contributed by atoms with Crippen molar-refractivity contribution in [3.63, 3.8) is 0 Å². The van der Waals surface area contributed by atoms with Gasteiger partial charge in [0.15, 0.2) is 5.78 Å². The van der Waals surface area contributed by atoms with Gasteiger partial charge in [0.1, 0.15) is 12.2 Å². The van der Waals surface area contributed by atoms with Gasteiger partial charge in [-0.05, 0) is 65.6 Å². The van der Waals surface area contributed by atoms with Crippen LogP contribution in [0.4, 0.5) is 13.2 Å². The van der Waals surface area contributed by atoms with Crippen LogP contribution in [0.15, 0.2) is 97.2 Å². The van der Waals surface area contributed by atoms with Crippen molar-refractivity contribution in [2.45, 2.75) is 26.1 Å². The zero-order valence-corrected chi connectivity index (χ0v) is 26.0. The number of carbonyl (C=O) groups excluding carboxylic acids is 2. The number of halogens is 5. The Labute approximate surface area is 273 Å². The van der Waals surface area contributed by atoms with E-state index in [9.17, 15) is 22.8 Å². The molecule has 0 fully saturated rings. The summed E-state index contributed by atoms with van der Waals surface area (Å²) in [6.45, 7) is 2.31. The maximum absolute atomic E-state index is 13.2. The molecule has 0 radical (unpaired) electrons. The molecule has 0 aliphatic rings. The highest BCUT2D eigenvalue weighted by atomic mass is 35.5. The highest BCUT2D eigenvalue weighted by Crippen LogP contribution is 2.33. The van der Waals surface area contributed by atoms with Crippen LogP contribution in [0.25, 0.3) is 34.5 Å². The molecule has 1 heterocycles. The lowest BCUT2D eigenvalue weighted by Crippen LogP contribution is -2.11. The van der Waals surface area contributed by atoms with E-state index in [4.69, 9.17) is 32.9 Å². The van der Waals surface area contributed by atoms with Gasteiger partial charge >= 0.3 is 12.1 Å². The van der Waals surface area contributed by atoms with Crippen LogP contribution < -0.4 is 0 Å². The van der Waals surface area contributed by atoms with Crippen molar-refractivity contribution in [2.24, 2.45) is 0 Å². The van der Waals surface area contributed by atoms with Gasteiger partial charge in [-0.1, -0.05) is 89.9 Å². The summed E-state index contributed by atoms with van der Waals surface area (Å²) < 4.78 is 46.4. The number of benzene rings is 4. The molecular formula is C36H27Cl2F3N2O3. The van der Waals surface area contributed by atoms with Crippen LogP contribution in [0.3, 0.4) is 0 Å². The molecule has 10 heteroatoms. The minimum atomic E-state index is -4.42. The highest BCUT2D eigenvalue weighted by molar-refractivity contribution is 6.36. The Morgan fingerprint density at radius 1 is 0.891 bits per heavy atom. The zero-order chi connectivity index (χ0) is 32.8. The molecule has 5 nitrogen and oxygen atoms in total. The van der Waals surface area contributed by atoms with Crippen molar-refractivity contribution in [3.05, 3.63) is 135 Å². The fourth-order valence-corrected chi connectivity index (χ4v) is 5.29. The summed E-state index contributed by atoms with van der Waals surface area (Å²) in [5, 5.41) is 0.946. The van der Waals surface area contributed by atoms with Crippen molar-refractivity contribution in [3.8, 4) is 22.4 Å². The number of ketones is 1. The molecule has 0 unspecified atom stereocenters. The quantitative estimate of drug-likeness (QED) is 0.0848. The fraction of sp³-hybridized carbons (Fsp3) is 0.139. The average molecular weight is 664 g/mol. The van der Waals surface area contributed by atoms with Gasteiger partial charge in [-0.3, -0.25) is 9.59 Å². The number of imidazole rings is 1. The van der Waals surface area contributed by atoms with Gasteiger partial charge in [0.05, 0.1) is 22.9 Å². The van der Waals surface area contributed by atoms with Gasteiger partial charge in [-0.25, -0.2) is 4.98 Å². The zero-order valence-electron chi connectivity index (χ0n) is 24.5. The molecule has 1 aromatic heterocycles. The summed E-state index contributed by atoms with van der Waals surface area (Å²) >= 11 is 12.6. The lowest BCUT2D eigenvalue weighted by Gasteiger charge is -2.09. The molecule has 46 heavy (non-hydrogen) atoms. The van der Waals surface area contributed by atoms with Crippen LogP contribution in [0.2, 0.25) is 10.0 Å². The smallest absolute Gasteiger partial charge is 0.416 e. The lowest BCUT2D eigenvalue weighted by molar-refractivity contribution is -0.142. The predicted octanol–water partition coefficient (Wildman–Crippen LogP) is 9.90. The third-order valence-corrected chi connectivity index (χ3v) is 7.66. The first-order chi connectivity index (χ1) is 22.0. The van der Waals surface area contributed by atoms with Gasteiger partial charge in [0.25, 0.3) is 0 Å². The highest BCUT2D eigenvalue weighted by Gasteiger charge is 2.30. The Kier molecular flexibility index (Phi) is 10.1. The molecule has 0 atom stereocenters. The SMILES string of the molecule is CCOC(=O)CC(=O)c1ccc(Cn2cc(-c3ccc(Cl)cc3Cl)nc2C=Cc2ccc(-c3cccc(C(F)(F)F)c3)cc2)cc1. The van der Waals surface area contributed by atoms with Crippen molar-refractivity contribution in [2.75, 3.05) is 6.61 Å². The van der Waals surface area contributed by atoms with E-state index in [0.29, 0.717) is 50.4 Å². The van der Waals surface area contributed by atoms with E-state index >= 15 is 0 Å². The molecule has 0 spiro atoms. The second-order valence-electron chi connectivity index (χ2n) is 10.4. The number of aromatic nitrogens is 2. The molecule has 0 N–H and O–H groups in total. The van der Waals surface area contributed by atoms with Crippen molar-refractivity contribution < 1.29 is 27.5 Å². The van der Waals surface area contributed by atoms with E-state index in [2.05, 4.69) is 0 Å². The third kappa shape index (κ3) is 8.13. The van der Waals surface area contributed by atoms with E-state index in [1.807, 2.05) is 47.2 Å². The van der Waals surface area contributed by atoms with Crippen LogP contribution >= 0.6 is 23.2 Å². The monoisotopic (exact) mass is 662 g/mol. The molecule has 234 valence electrons. The number of hydrogen-bond donors (Lipinski definition) is 0. The second-order valence-corrected chi connectivity index (χ2v) is 11.2. The number of alkyl halides is 3. The molecule has 0 amide bonds. The van der Waals surface area contributed by atoms with E-state index < -0.39 is 17.7 Å². The molecule has 5 aromatic rings. The molecule has 0 saturated carbocycles. The summed E-state index contributed by atoms with van der Waals surface area (Å²) in [4.78, 5) is 29.0. The molecule has 0 saturated heterocycles. The van der Waals surface area contributed by atoms with Crippen LogP contribution in [-0.4, -0.2) is 27.9 Å². The summed E-state index contributed by atoms with van der Waals surface area (Å²) in [6.07, 6.45) is 0.823. The van der Waals surface area contributed by atoms with Gasteiger partial charge in [-0.15, -0.1) is 0 Å². The Bertz CT molecular complexity index is 1900. The number of carbonyl (C=O) groups is 2. The Morgan fingerprint density at radius 3 is 2.30 bits per heavy atom. The summed E-state index contributed by atoms with van der Waals surface area (Å²) in [7, 11) is 0. The van der Waals surface area contributed by atoms with Crippen molar-refractivity contribution in [1.29, 1.82) is 0 Å². The van der Waals surface area contributed by atoms with Gasteiger partial charge in [0, 0.05) is 28.9 Å². The van der Waals surface area contributed by atoms with Crippen LogP contribution in [0.1, 0.15) is 46.2 Å². The van der Waals surface area contributed by atoms with E-state index in [1.54, 1.807) is 55.5 Å². The molecule has 5 rings (SSSR count). The number of nitrogens with zero attached hydrogens (tertiary/aromatic N) is 2. The molecular weight excluding hydrogens is 636 g/mol. The van der Waals surface area contributed by atoms with Crippen molar-refractivity contribution >= 4 is 47.1 Å². The fourth-order valence-electron chi connectivity index (χ4n) is 4.79. The molecule has 0 bridgehead atoms. The van der Waals surface area contributed by atoms with E-state index in [-0.39, 0.29) is 18.8 Å². The van der Waals surface area contributed by atoms with Crippen molar-refractivity contribution in [1.82, 2.24) is 9.55 Å². The first-order valence-electron chi connectivity index (χ1n) is 14.3. The minimum absolute atomic E-state index is 0.209. The summed E-state index contributed by atoms with van der Waals surface area (Å²) in [5.41, 5.74) is 3.87. The Morgan fingerprint density at radius 2 is 1.63 bits per heavy atom. The van der Waals surface area contributed by atoms with Gasteiger partial charge < -0.3 is 9.30 Å². The van der Waals surface area contributed by atoms with Gasteiger partial charge in [0.2, 0.25) is 0 Å². The first-order valence-corrected chi connectivity index (χ1v) is 15.0. The Hall–Kier alpha value is -4.66. The Balaban J connectivity index is 1.40. The standard InChI is InChI=1S/C36H27Cl2F3N2O3/c1-2-46-35(45)20-33(44)26-13-8-24(9-14-26)21-43-22-32(30-16-15-29(37)19-31(30)38)42-34(43)17-10-23-6-11-25(12-7-23)27-4-3-5-28(18-27)36(39,40)41/h3-19,22H,2,20-21H2,1H3. The summed E-state index contributed by atoms with van der Waals surface area (Å²) in [6, 6.07) is 24.5. The minimum Gasteiger partial charge on any atom is -0.466 e. The van der Waals surface area contributed by atoms with Crippen LogP contribution in [0, 0.1) is 0 Å². The number of Topliss-reactive ketones (excluding diaryl/α,β-unsaturated/α-hetero) is 1. The van der Waals surface area contributed by atoms with Gasteiger partial charge in [-0.2, -0.15) is 13.2 Å². The second kappa shape index (κ2) is 14.2. The maximum atomic E-state index is 13.2. The summed E-state index contributed by atoms with van der Waals surface area (Å²) in [5.74, 6) is -0.273. The largest absolute Gasteiger partial charge is 0.466 e. The molecule has 0 aliphatic carbocycles. The normalized spacial score (nSPS) is 11.6. The average Bonchev–Trinajstić information content (AvgIpc) is 3.42. The third-order valence-electron chi connectivity index (χ3n) is 7.11.